The summed E-state index contributed by atoms with van der Waals surface area (Å²) in [5, 5.41) is 2.09. The van der Waals surface area contributed by atoms with E-state index in [-0.39, 0.29) is 5.54 Å². The molecule has 3 heteroatoms. The molecule has 78 valence electrons. The minimum Gasteiger partial charge on any atom is -0.326 e. The first kappa shape index (κ1) is 12.0. The number of hydrogen-bond donors (Lipinski definition) is 1. The Hall–Kier alpha value is -0.120. The summed E-state index contributed by atoms with van der Waals surface area (Å²) in [5.41, 5.74) is 5.83. The Labute approximate surface area is 98.1 Å². The van der Waals surface area contributed by atoms with E-state index >= 15 is 0 Å². The van der Waals surface area contributed by atoms with Crippen LogP contribution in [0.25, 0.3) is 6.08 Å². The van der Waals surface area contributed by atoms with Gasteiger partial charge in [0.25, 0.3) is 0 Å². The van der Waals surface area contributed by atoms with Gasteiger partial charge in [0.1, 0.15) is 0 Å². The van der Waals surface area contributed by atoms with Gasteiger partial charge in [0.15, 0.2) is 0 Å². The van der Waals surface area contributed by atoms with Crippen molar-refractivity contribution in [1.29, 1.82) is 0 Å². The van der Waals surface area contributed by atoms with Crippen LogP contribution in [-0.2, 0) is 0 Å². The lowest BCUT2D eigenvalue weighted by molar-refractivity contribution is 0.482. The van der Waals surface area contributed by atoms with E-state index in [2.05, 4.69) is 53.4 Å². The fraction of sp³-hybridized carbons (Fsp3) is 0.455. The third-order valence-corrected chi connectivity index (χ3v) is 3.48. The molecule has 0 saturated heterocycles. The molecule has 14 heavy (non-hydrogen) atoms. The van der Waals surface area contributed by atoms with Gasteiger partial charge >= 0.3 is 0 Å². The van der Waals surface area contributed by atoms with Gasteiger partial charge in [0.2, 0.25) is 0 Å². The van der Waals surface area contributed by atoms with Crippen LogP contribution in [0.2, 0.25) is 0 Å². The molecule has 0 atom stereocenters. The van der Waals surface area contributed by atoms with Crippen molar-refractivity contribution in [3.05, 3.63) is 26.9 Å². The second-order valence-electron chi connectivity index (χ2n) is 4.10. The van der Waals surface area contributed by atoms with Crippen molar-refractivity contribution in [3.8, 4) is 0 Å². The molecule has 0 aliphatic rings. The second-order valence-corrected chi connectivity index (χ2v) is 5.96. The molecule has 0 aromatic carbocycles. The molecule has 0 aliphatic carbocycles. The van der Waals surface area contributed by atoms with Gasteiger partial charge in [-0.05, 0) is 54.8 Å². The molecule has 1 aromatic heterocycles. The SMILES string of the molecule is CC(C)(N)CC/C=C/c1cc(Br)cs1. The molecule has 0 radical (unpaired) electrons. The van der Waals surface area contributed by atoms with Crippen molar-refractivity contribution in [2.24, 2.45) is 5.73 Å². The number of rotatable bonds is 4. The van der Waals surface area contributed by atoms with Crippen molar-refractivity contribution in [2.75, 3.05) is 0 Å². The minimum absolute atomic E-state index is 0.0552. The zero-order valence-electron chi connectivity index (χ0n) is 8.59. The van der Waals surface area contributed by atoms with Gasteiger partial charge in [0.05, 0.1) is 0 Å². The minimum atomic E-state index is -0.0552. The van der Waals surface area contributed by atoms with Gasteiger partial charge in [-0.15, -0.1) is 11.3 Å². The first-order valence-corrected chi connectivity index (χ1v) is 6.34. The summed E-state index contributed by atoms with van der Waals surface area (Å²) in [6.07, 6.45) is 6.41. The summed E-state index contributed by atoms with van der Waals surface area (Å²) in [7, 11) is 0. The maximum atomic E-state index is 5.88. The van der Waals surface area contributed by atoms with Gasteiger partial charge in [-0.3, -0.25) is 0 Å². The molecule has 0 fully saturated rings. The fourth-order valence-electron chi connectivity index (χ4n) is 1.07. The van der Waals surface area contributed by atoms with Crippen molar-refractivity contribution in [1.82, 2.24) is 0 Å². The lowest BCUT2D eigenvalue weighted by Gasteiger charge is -2.16. The molecule has 1 nitrogen and oxygen atoms in total. The Morgan fingerprint density at radius 3 is 2.79 bits per heavy atom. The quantitative estimate of drug-likeness (QED) is 0.881. The van der Waals surface area contributed by atoms with Crippen LogP contribution in [0, 0.1) is 0 Å². The molecule has 1 heterocycles. The maximum absolute atomic E-state index is 5.88. The molecule has 0 spiro atoms. The highest BCUT2D eigenvalue weighted by Gasteiger charge is 2.07. The molecule has 1 aromatic rings. The zero-order valence-corrected chi connectivity index (χ0v) is 11.0. The monoisotopic (exact) mass is 273 g/mol. The summed E-state index contributed by atoms with van der Waals surface area (Å²) in [6, 6.07) is 2.12. The van der Waals surface area contributed by atoms with Crippen molar-refractivity contribution >= 4 is 33.3 Å². The Morgan fingerprint density at radius 2 is 2.29 bits per heavy atom. The Balaban J connectivity index is 2.35. The molecule has 0 saturated carbocycles. The van der Waals surface area contributed by atoms with Crippen LogP contribution in [0.3, 0.4) is 0 Å². The number of hydrogen-bond acceptors (Lipinski definition) is 2. The maximum Gasteiger partial charge on any atom is 0.0288 e. The molecule has 2 N–H and O–H groups in total. The standard InChI is InChI=1S/C11H16BrNS/c1-11(2,13)6-4-3-5-10-7-9(12)8-14-10/h3,5,7-8H,4,6,13H2,1-2H3/b5-3+. The van der Waals surface area contributed by atoms with Crippen LogP contribution in [0.15, 0.2) is 22.0 Å². The smallest absolute Gasteiger partial charge is 0.0288 e. The van der Waals surface area contributed by atoms with Crippen LogP contribution < -0.4 is 5.73 Å². The van der Waals surface area contributed by atoms with Gasteiger partial charge in [0, 0.05) is 20.3 Å². The van der Waals surface area contributed by atoms with E-state index in [0.717, 1.165) is 17.3 Å². The van der Waals surface area contributed by atoms with E-state index in [0.29, 0.717) is 0 Å². The number of allylic oxidation sites excluding steroid dienone is 1. The van der Waals surface area contributed by atoms with Gasteiger partial charge in [-0.1, -0.05) is 6.08 Å². The van der Waals surface area contributed by atoms with E-state index in [1.807, 2.05) is 0 Å². The molecular formula is C11H16BrNS. The van der Waals surface area contributed by atoms with E-state index in [1.54, 1.807) is 11.3 Å². The van der Waals surface area contributed by atoms with Crippen molar-refractivity contribution in [3.63, 3.8) is 0 Å². The van der Waals surface area contributed by atoms with Gasteiger partial charge in [-0.25, -0.2) is 0 Å². The summed E-state index contributed by atoms with van der Waals surface area (Å²) in [4.78, 5) is 1.28. The topological polar surface area (TPSA) is 26.0 Å². The first-order valence-electron chi connectivity index (χ1n) is 4.67. The summed E-state index contributed by atoms with van der Waals surface area (Å²) >= 11 is 5.17. The molecular weight excluding hydrogens is 258 g/mol. The van der Waals surface area contributed by atoms with E-state index in [9.17, 15) is 0 Å². The average Bonchev–Trinajstić information content (AvgIpc) is 2.44. The second kappa shape index (κ2) is 5.10. The van der Waals surface area contributed by atoms with Gasteiger partial charge in [-0.2, -0.15) is 0 Å². The number of nitrogens with two attached hydrogens (primary N) is 1. The Morgan fingerprint density at radius 1 is 1.57 bits per heavy atom. The normalized spacial score (nSPS) is 12.6. The van der Waals surface area contributed by atoms with E-state index in [4.69, 9.17) is 5.73 Å². The average molecular weight is 274 g/mol. The van der Waals surface area contributed by atoms with Crippen molar-refractivity contribution < 1.29 is 0 Å². The first-order chi connectivity index (χ1) is 6.47. The molecule has 0 bridgehead atoms. The fourth-order valence-corrected chi connectivity index (χ4v) is 2.44. The highest BCUT2D eigenvalue weighted by molar-refractivity contribution is 9.10. The van der Waals surface area contributed by atoms with Crippen LogP contribution in [0.1, 0.15) is 31.6 Å². The molecule has 0 aliphatic heterocycles. The number of halogens is 1. The molecule has 0 unspecified atom stereocenters. The lowest BCUT2D eigenvalue weighted by atomic mass is 10.0. The van der Waals surface area contributed by atoms with Crippen LogP contribution in [0.5, 0.6) is 0 Å². The largest absolute Gasteiger partial charge is 0.326 e. The van der Waals surface area contributed by atoms with Crippen LogP contribution >= 0.6 is 27.3 Å². The van der Waals surface area contributed by atoms with E-state index < -0.39 is 0 Å². The highest BCUT2D eigenvalue weighted by atomic mass is 79.9. The summed E-state index contributed by atoms with van der Waals surface area (Å²) in [6.45, 7) is 4.12. The summed E-state index contributed by atoms with van der Waals surface area (Å²) in [5.74, 6) is 0. The van der Waals surface area contributed by atoms with Gasteiger partial charge < -0.3 is 5.73 Å². The van der Waals surface area contributed by atoms with Crippen LogP contribution in [0.4, 0.5) is 0 Å². The Bertz CT molecular complexity index is 309. The summed E-state index contributed by atoms with van der Waals surface area (Å²) < 4.78 is 1.15. The van der Waals surface area contributed by atoms with E-state index in [1.165, 1.54) is 4.88 Å². The Kier molecular flexibility index (Phi) is 4.35. The third-order valence-electron chi connectivity index (χ3n) is 1.83. The van der Waals surface area contributed by atoms with Crippen molar-refractivity contribution in [2.45, 2.75) is 32.2 Å². The predicted molar refractivity (Wildman–Crippen MR) is 68.6 cm³/mol. The highest BCUT2D eigenvalue weighted by Crippen LogP contribution is 2.21. The van der Waals surface area contributed by atoms with Crippen LogP contribution in [-0.4, -0.2) is 5.54 Å². The lowest BCUT2D eigenvalue weighted by Crippen LogP contribution is -2.31. The molecule has 0 amide bonds. The number of thiophene rings is 1. The third kappa shape index (κ3) is 4.94. The predicted octanol–water partition coefficient (Wildman–Crippen LogP) is 4.04. The zero-order chi connectivity index (χ0) is 10.6. The molecule has 1 rings (SSSR count).